The van der Waals surface area contributed by atoms with Crippen molar-refractivity contribution in [1.82, 2.24) is 20.4 Å². The van der Waals surface area contributed by atoms with Crippen LogP contribution in [0, 0.1) is 23.7 Å². The maximum Gasteiger partial charge on any atom is 0.318 e. The van der Waals surface area contributed by atoms with Gasteiger partial charge in [-0.1, -0.05) is 5.92 Å². The fraction of sp³-hybridized carbons (Fsp3) is 0.818. The van der Waals surface area contributed by atoms with Crippen molar-refractivity contribution in [2.45, 2.75) is 69.4 Å². The second-order valence-electron chi connectivity index (χ2n) is 9.75. The second kappa shape index (κ2) is 8.33. The first-order valence-electron chi connectivity index (χ1n) is 11.2. The van der Waals surface area contributed by atoms with Crippen molar-refractivity contribution in [3.05, 3.63) is 0 Å². The molecule has 2 aliphatic carbocycles. The highest BCUT2D eigenvalue weighted by molar-refractivity contribution is 5.87. The van der Waals surface area contributed by atoms with E-state index in [0.29, 0.717) is 13.1 Å². The molecule has 2 saturated heterocycles. The number of nitrogens with one attached hydrogen (secondary N) is 2. The van der Waals surface area contributed by atoms with Gasteiger partial charge in [0, 0.05) is 37.4 Å². The van der Waals surface area contributed by atoms with Crippen molar-refractivity contribution >= 4 is 11.9 Å². The lowest BCUT2D eigenvalue weighted by Crippen LogP contribution is -2.65. The number of terminal acetylenes is 1. The average molecular weight is 423 g/mol. The maximum atomic E-state index is 14.4. The molecule has 2 heterocycles. The van der Waals surface area contributed by atoms with Crippen LogP contribution >= 0.6 is 0 Å². The molecule has 4 fully saturated rings. The number of carbonyl (C=O) groups is 2. The lowest BCUT2D eigenvalue weighted by atomic mass is 9.72. The van der Waals surface area contributed by atoms with E-state index in [0.717, 1.165) is 44.8 Å². The first-order valence-corrected chi connectivity index (χ1v) is 11.2. The standard InChI is InChI=1S/C22H32F2N4O2/c1-2-9-25-19(29)18(13-22(23,24)12-16-3-4-16)26-20(30)28-14-21(15-28)7-10-27(11-8-21)17-5-6-17/h1,16-18H,3-15H2,(H,25,29)(H,26,30)/t18-/m0/s1. The summed E-state index contributed by atoms with van der Waals surface area (Å²) in [5.74, 6) is -1.34. The number of hydrogen-bond acceptors (Lipinski definition) is 3. The first kappa shape index (κ1) is 21.4. The number of amides is 3. The minimum absolute atomic E-state index is 0.0295. The Morgan fingerprint density at radius 3 is 2.40 bits per heavy atom. The number of halogens is 2. The molecule has 166 valence electrons. The van der Waals surface area contributed by atoms with E-state index in [1.807, 2.05) is 0 Å². The summed E-state index contributed by atoms with van der Waals surface area (Å²) in [5, 5.41) is 4.99. The highest BCUT2D eigenvalue weighted by atomic mass is 19.3. The fourth-order valence-electron chi connectivity index (χ4n) is 4.86. The largest absolute Gasteiger partial charge is 0.343 e. The number of rotatable bonds is 8. The molecule has 3 amide bonds. The van der Waals surface area contributed by atoms with Gasteiger partial charge in [0.15, 0.2) is 0 Å². The van der Waals surface area contributed by atoms with Crippen LogP contribution in [-0.2, 0) is 4.79 Å². The highest BCUT2D eigenvalue weighted by Crippen LogP contribution is 2.43. The van der Waals surface area contributed by atoms with Crippen LogP contribution < -0.4 is 10.6 Å². The predicted molar refractivity (Wildman–Crippen MR) is 109 cm³/mol. The molecule has 1 spiro atoms. The summed E-state index contributed by atoms with van der Waals surface area (Å²) in [4.78, 5) is 29.2. The maximum absolute atomic E-state index is 14.4. The Morgan fingerprint density at radius 1 is 1.17 bits per heavy atom. The molecule has 0 radical (unpaired) electrons. The van der Waals surface area contributed by atoms with Crippen LogP contribution in [0.1, 0.15) is 51.4 Å². The van der Waals surface area contributed by atoms with E-state index in [4.69, 9.17) is 6.42 Å². The van der Waals surface area contributed by atoms with Gasteiger partial charge in [0.2, 0.25) is 5.91 Å². The first-order chi connectivity index (χ1) is 14.3. The third-order valence-electron chi connectivity index (χ3n) is 7.03. The van der Waals surface area contributed by atoms with E-state index in [2.05, 4.69) is 21.5 Å². The second-order valence-corrected chi connectivity index (χ2v) is 9.75. The normalized spacial score (nSPS) is 24.6. The molecule has 8 heteroatoms. The molecule has 4 aliphatic rings. The number of piperidine rings is 1. The molecule has 0 aromatic carbocycles. The molecule has 0 unspecified atom stereocenters. The molecule has 0 aromatic heterocycles. The number of carbonyl (C=O) groups excluding carboxylic acids is 2. The number of likely N-dealkylation sites (tertiary alicyclic amines) is 2. The third-order valence-corrected chi connectivity index (χ3v) is 7.03. The zero-order valence-corrected chi connectivity index (χ0v) is 17.5. The Morgan fingerprint density at radius 2 is 1.83 bits per heavy atom. The fourth-order valence-corrected chi connectivity index (χ4v) is 4.86. The summed E-state index contributed by atoms with van der Waals surface area (Å²) in [6.07, 6.45) is 10.6. The Bertz CT molecular complexity index is 698. The number of alkyl halides is 2. The summed E-state index contributed by atoms with van der Waals surface area (Å²) in [5.41, 5.74) is 0.153. The Hall–Kier alpha value is -1.88. The van der Waals surface area contributed by atoms with Gasteiger partial charge in [-0.3, -0.25) is 4.79 Å². The summed E-state index contributed by atoms with van der Waals surface area (Å²) in [7, 11) is 0. The Labute approximate surface area is 177 Å². The molecule has 2 aliphatic heterocycles. The monoisotopic (exact) mass is 422 g/mol. The van der Waals surface area contributed by atoms with Gasteiger partial charge < -0.3 is 20.4 Å². The summed E-state index contributed by atoms with van der Waals surface area (Å²) < 4.78 is 28.8. The molecule has 2 N–H and O–H groups in total. The number of hydrogen-bond donors (Lipinski definition) is 2. The van der Waals surface area contributed by atoms with E-state index in [-0.39, 0.29) is 24.3 Å². The van der Waals surface area contributed by atoms with Gasteiger partial charge in [0.1, 0.15) is 6.04 Å². The van der Waals surface area contributed by atoms with Crippen molar-refractivity contribution in [3.63, 3.8) is 0 Å². The third kappa shape index (κ3) is 5.23. The quantitative estimate of drug-likeness (QED) is 0.590. The summed E-state index contributed by atoms with van der Waals surface area (Å²) in [6.45, 7) is 3.36. The molecule has 30 heavy (non-hydrogen) atoms. The van der Waals surface area contributed by atoms with Gasteiger partial charge in [-0.2, -0.15) is 0 Å². The smallest absolute Gasteiger partial charge is 0.318 e. The van der Waals surface area contributed by atoms with Crippen LogP contribution in [0.4, 0.5) is 13.6 Å². The van der Waals surface area contributed by atoms with Crippen LogP contribution in [0.3, 0.4) is 0 Å². The molecular weight excluding hydrogens is 390 g/mol. The van der Waals surface area contributed by atoms with Crippen LogP contribution in [0.2, 0.25) is 0 Å². The minimum atomic E-state index is -2.99. The molecular formula is C22H32F2N4O2. The minimum Gasteiger partial charge on any atom is -0.343 e. The van der Waals surface area contributed by atoms with E-state index < -0.39 is 30.3 Å². The number of nitrogens with zero attached hydrogens (tertiary/aromatic N) is 2. The molecule has 2 saturated carbocycles. The van der Waals surface area contributed by atoms with Gasteiger partial charge in [-0.15, -0.1) is 6.42 Å². The Balaban J connectivity index is 1.29. The van der Waals surface area contributed by atoms with E-state index in [1.165, 1.54) is 12.8 Å². The summed E-state index contributed by atoms with van der Waals surface area (Å²) in [6, 6.07) is -0.956. The SMILES string of the molecule is C#CCNC(=O)[C@H](CC(F)(F)CC1CC1)NC(=O)N1CC2(CCN(C3CC3)CC2)C1. The van der Waals surface area contributed by atoms with Crippen molar-refractivity contribution in [2.24, 2.45) is 11.3 Å². The van der Waals surface area contributed by atoms with E-state index >= 15 is 0 Å². The van der Waals surface area contributed by atoms with Gasteiger partial charge in [-0.25, -0.2) is 13.6 Å². The van der Waals surface area contributed by atoms with E-state index in [1.54, 1.807) is 4.90 Å². The van der Waals surface area contributed by atoms with Crippen LogP contribution in [-0.4, -0.2) is 72.5 Å². The average Bonchev–Trinajstić information content (AvgIpc) is 3.58. The lowest BCUT2D eigenvalue weighted by Gasteiger charge is -2.54. The molecule has 6 nitrogen and oxygen atoms in total. The zero-order valence-electron chi connectivity index (χ0n) is 17.5. The van der Waals surface area contributed by atoms with Crippen molar-refractivity contribution < 1.29 is 18.4 Å². The molecule has 0 aromatic rings. The van der Waals surface area contributed by atoms with Crippen LogP contribution in [0.25, 0.3) is 0 Å². The summed E-state index contributed by atoms with van der Waals surface area (Å²) >= 11 is 0. The van der Waals surface area contributed by atoms with Gasteiger partial charge in [-0.05, 0) is 57.5 Å². The van der Waals surface area contributed by atoms with Gasteiger partial charge in [0.25, 0.3) is 5.92 Å². The zero-order chi connectivity index (χ0) is 21.4. The predicted octanol–water partition coefficient (Wildman–Crippen LogP) is 2.20. The van der Waals surface area contributed by atoms with E-state index in [9.17, 15) is 18.4 Å². The lowest BCUT2D eigenvalue weighted by molar-refractivity contribution is -0.126. The van der Waals surface area contributed by atoms with Crippen LogP contribution in [0.15, 0.2) is 0 Å². The Kier molecular flexibility index (Phi) is 5.93. The topological polar surface area (TPSA) is 64.7 Å². The van der Waals surface area contributed by atoms with Crippen molar-refractivity contribution in [2.75, 3.05) is 32.7 Å². The molecule has 0 bridgehead atoms. The molecule has 4 rings (SSSR count). The van der Waals surface area contributed by atoms with Gasteiger partial charge >= 0.3 is 6.03 Å². The molecule has 1 atom stereocenters. The van der Waals surface area contributed by atoms with Crippen molar-refractivity contribution in [1.29, 1.82) is 0 Å². The number of urea groups is 1. The highest BCUT2D eigenvalue weighted by Gasteiger charge is 2.49. The van der Waals surface area contributed by atoms with Crippen LogP contribution in [0.5, 0.6) is 0 Å². The van der Waals surface area contributed by atoms with Gasteiger partial charge in [0.05, 0.1) is 6.54 Å². The van der Waals surface area contributed by atoms with Crippen molar-refractivity contribution in [3.8, 4) is 12.3 Å².